The number of aliphatic hydroxyl groups is 10. The molecule has 0 aromatic carbocycles. The van der Waals surface area contributed by atoms with Gasteiger partial charge in [0.1, 0.15) is 42.7 Å². The molecule has 0 aromatic heterocycles. The van der Waals surface area contributed by atoms with E-state index in [1.165, 1.54) is 75.5 Å². The van der Waals surface area contributed by atoms with Crippen molar-refractivity contribution in [2.24, 2.45) is 0 Å². The van der Waals surface area contributed by atoms with Crippen molar-refractivity contribution >= 4 is 35.6 Å². The molecule has 8 unspecified atom stereocenters. The second kappa shape index (κ2) is 44.7. The third-order valence-corrected chi connectivity index (χ3v) is 12.5. The van der Waals surface area contributed by atoms with Gasteiger partial charge in [0.05, 0.1) is 26.4 Å². The highest BCUT2D eigenvalue weighted by Crippen LogP contribution is 2.14. The van der Waals surface area contributed by atoms with Gasteiger partial charge in [-0.2, -0.15) is 0 Å². The molecule has 0 fully saturated rings. The minimum atomic E-state index is -2.20. The van der Waals surface area contributed by atoms with Crippen LogP contribution in [0, 0.1) is 0 Å². The Morgan fingerprint density at radius 1 is 0.466 bits per heavy atom. The molecule has 0 aliphatic heterocycles. The van der Waals surface area contributed by atoms with Crippen LogP contribution in [0.3, 0.4) is 0 Å². The van der Waals surface area contributed by atoms with E-state index in [9.17, 15) is 69.6 Å². The lowest BCUT2D eigenvalue weighted by Gasteiger charge is -2.26. The van der Waals surface area contributed by atoms with E-state index in [4.69, 9.17) is 19.7 Å². The quantitative estimate of drug-likeness (QED) is 0.0294. The SMILES string of the molecule is CCCCCCCCCCCCOC(=O)CC[C@H](NC(=O)CCC(=O)N(CCCNC(=O)C(O)C(O)C(O)C(O)CO)CCCNC(=O)C(O)C(O)C(O)C(O)CO)C(=O)OCCCCCCCCCCCC. The summed E-state index contributed by atoms with van der Waals surface area (Å²) in [6.45, 7) is 2.33. The first kappa shape index (κ1) is 69.4. The maximum atomic E-state index is 13.6. The fourth-order valence-corrected chi connectivity index (χ4v) is 7.76. The molecule has 0 spiro atoms. The monoisotopic (exact) mass is 1050 g/mol. The second-order valence-corrected chi connectivity index (χ2v) is 18.9. The zero-order chi connectivity index (χ0) is 54.8. The van der Waals surface area contributed by atoms with Crippen molar-refractivity contribution < 1.29 is 89.3 Å². The number of unbranched alkanes of at least 4 members (excludes halogenated alkanes) is 18. The summed E-state index contributed by atoms with van der Waals surface area (Å²) in [6, 6.07) is -1.21. The van der Waals surface area contributed by atoms with E-state index in [0.717, 1.165) is 44.9 Å². The number of hydrogen-bond acceptors (Lipinski definition) is 18. The van der Waals surface area contributed by atoms with Crippen molar-refractivity contribution in [3.8, 4) is 0 Å². The van der Waals surface area contributed by atoms with Gasteiger partial charge in [-0.3, -0.25) is 24.0 Å². The molecule has 0 aliphatic carbocycles. The lowest BCUT2D eigenvalue weighted by molar-refractivity contribution is -0.150. The average molecular weight is 1050 g/mol. The van der Waals surface area contributed by atoms with Crippen molar-refractivity contribution in [2.45, 2.75) is 236 Å². The molecule has 0 aromatic rings. The molecule has 22 heteroatoms. The number of nitrogens with one attached hydrogen (secondary N) is 3. The number of hydrogen-bond donors (Lipinski definition) is 13. The van der Waals surface area contributed by atoms with Crippen LogP contribution < -0.4 is 16.0 Å². The number of rotatable bonds is 48. The Morgan fingerprint density at radius 3 is 1.25 bits per heavy atom. The van der Waals surface area contributed by atoms with E-state index in [0.29, 0.717) is 12.8 Å². The molecule has 73 heavy (non-hydrogen) atoms. The average Bonchev–Trinajstić information content (AvgIpc) is 3.39. The van der Waals surface area contributed by atoms with Crippen LogP contribution in [-0.2, 0) is 38.2 Å². The number of amides is 4. The van der Waals surface area contributed by atoms with Crippen LogP contribution in [0.4, 0.5) is 0 Å². The minimum absolute atomic E-state index is 0.0406. The Kier molecular flexibility index (Phi) is 42.5. The number of carbonyl (C=O) groups is 6. The summed E-state index contributed by atoms with van der Waals surface area (Å²) in [5.41, 5.74) is 0. The van der Waals surface area contributed by atoms with Crippen molar-refractivity contribution in [3.05, 3.63) is 0 Å². The van der Waals surface area contributed by atoms with Gasteiger partial charge in [-0.1, -0.05) is 129 Å². The number of ether oxygens (including phenoxy) is 2. The number of nitrogens with zero attached hydrogens (tertiary/aromatic N) is 1. The topological polar surface area (TPSA) is 363 Å². The summed E-state index contributed by atoms with van der Waals surface area (Å²) in [7, 11) is 0. The number of esters is 2. The van der Waals surface area contributed by atoms with Gasteiger partial charge in [0.2, 0.25) is 11.8 Å². The lowest BCUT2D eigenvalue weighted by Crippen LogP contribution is -2.52. The van der Waals surface area contributed by atoms with E-state index in [-0.39, 0.29) is 71.5 Å². The van der Waals surface area contributed by atoms with E-state index < -0.39 is 110 Å². The molecule has 22 nitrogen and oxygen atoms in total. The summed E-state index contributed by atoms with van der Waals surface area (Å²) in [4.78, 5) is 79.1. The minimum Gasteiger partial charge on any atom is -0.466 e. The molecule has 0 heterocycles. The van der Waals surface area contributed by atoms with Crippen molar-refractivity contribution in [2.75, 3.05) is 52.6 Å². The third-order valence-electron chi connectivity index (χ3n) is 12.5. The molecule has 0 radical (unpaired) electrons. The summed E-state index contributed by atoms with van der Waals surface area (Å²) in [5, 5.41) is 104. The molecule has 13 N–H and O–H groups in total. The molecular formula is C51H96N4O18. The zero-order valence-electron chi connectivity index (χ0n) is 43.9. The summed E-state index contributed by atoms with van der Waals surface area (Å²) in [5.74, 6) is -4.78. The van der Waals surface area contributed by atoms with Gasteiger partial charge in [-0.15, -0.1) is 0 Å². The largest absolute Gasteiger partial charge is 0.466 e. The molecule has 0 saturated carbocycles. The molecule has 0 bridgehead atoms. The van der Waals surface area contributed by atoms with Gasteiger partial charge in [-0.25, -0.2) is 4.79 Å². The standard InChI is InChI=1S/C51H96N4O18/c1-3-5-7-9-11-13-15-17-19-21-33-72-42(62)28-25-37(51(71)73-34-22-20-18-16-14-12-10-8-6-4-2)54-40(60)26-27-41(61)55(31-23-29-52-49(69)47(67)45(65)43(63)38(58)35-56)32-24-30-53-50(70)48(68)46(66)44(64)39(59)36-57/h37-39,43-48,56-59,63-68H,3-36H2,1-2H3,(H,52,69)(H,53,70)(H,54,60)/t37-,38?,39?,43?,44?,45?,46?,47?,48?/m0/s1. The molecule has 4 amide bonds. The maximum Gasteiger partial charge on any atom is 0.328 e. The number of aliphatic hydroxyl groups excluding tert-OH is 10. The van der Waals surface area contributed by atoms with E-state index in [1.54, 1.807) is 0 Å². The Morgan fingerprint density at radius 2 is 0.849 bits per heavy atom. The predicted molar refractivity (Wildman–Crippen MR) is 270 cm³/mol. The molecule has 0 rings (SSSR count). The molecule has 0 saturated heterocycles. The predicted octanol–water partition coefficient (Wildman–Crippen LogP) is 0.673. The Hall–Kier alpha value is -3.58. The normalized spacial score (nSPS) is 15.2. The van der Waals surface area contributed by atoms with Crippen LogP contribution in [0.1, 0.15) is 181 Å². The van der Waals surface area contributed by atoms with Crippen molar-refractivity contribution in [1.29, 1.82) is 0 Å². The van der Waals surface area contributed by atoms with Crippen LogP contribution >= 0.6 is 0 Å². The van der Waals surface area contributed by atoms with Gasteiger partial charge in [0.25, 0.3) is 11.8 Å². The van der Waals surface area contributed by atoms with Gasteiger partial charge >= 0.3 is 11.9 Å². The third kappa shape index (κ3) is 33.9. The molecule has 9 atom stereocenters. The Balaban J connectivity index is 5.61. The fraction of sp³-hybridized carbons (Fsp3) is 0.882. The van der Waals surface area contributed by atoms with Crippen LogP contribution in [-0.4, -0.2) is 199 Å². The van der Waals surface area contributed by atoms with Crippen LogP contribution in [0.25, 0.3) is 0 Å². The Labute approximate surface area is 433 Å². The van der Waals surface area contributed by atoms with Crippen molar-refractivity contribution in [1.82, 2.24) is 20.9 Å². The van der Waals surface area contributed by atoms with Gasteiger partial charge in [0.15, 0.2) is 12.2 Å². The van der Waals surface area contributed by atoms with Gasteiger partial charge in [0, 0.05) is 45.4 Å². The molecule has 428 valence electrons. The van der Waals surface area contributed by atoms with E-state index in [1.807, 2.05) is 0 Å². The first-order chi connectivity index (χ1) is 35.0. The second-order valence-electron chi connectivity index (χ2n) is 18.9. The van der Waals surface area contributed by atoms with Crippen LogP contribution in [0.5, 0.6) is 0 Å². The van der Waals surface area contributed by atoms with Crippen LogP contribution in [0.2, 0.25) is 0 Å². The van der Waals surface area contributed by atoms with E-state index >= 15 is 0 Å². The maximum absolute atomic E-state index is 13.6. The summed E-state index contributed by atoms with van der Waals surface area (Å²) >= 11 is 0. The lowest BCUT2D eigenvalue weighted by atomic mass is 10.0. The highest BCUT2D eigenvalue weighted by molar-refractivity contribution is 5.88. The summed E-state index contributed by atoms with van der Waals surface area (Å²) < 4.78 is 11.0. The molecule has 0 aliphatic rings. The Bertz CT molecular complexity index is 1420. The van der Waals surface area contributed by atoms with Crippen molar-refractivity contribution in [3.63, 3.8) is 0 Å². The van der Waals surface area contributed by atoms with Gasteiger partial charge < -0.3 is 81.4 Å². The highest BCUT2D eigenvalue weighted by atomic mass is 16.5. The highest BCUT2D eigenvalue weighted by Gasteiger charge is 2.35. The van der Waals surface area contributed by atoms with Crippen LogP contribution in [0.15, 0.2) is 0 Å². The van der Waals surface area contributed by atoms with E-state index in [2.05, 4.69) is 29.8 Å². The first-order valence-corrected chi connectivity index (χ1v) is 27.1. The number of carbonyl (C=O) groups excluding carboxylic acids is 6. The zero-order valence-corrected chi connectivity index (χ0v) is 43.9. The first-order valence-electron chi connectivity index (χ1n) is 27.1. The fourth-order valence-electron chi connectivity index (χ4n) is 7.76. The summed E-state index contributed by atoms with van der Waals surface area (Å²) in [6.07, 6.45) is 4.63. The van der Waals surface area contributed by atoms with Gasteiger partial charge in [-0.05, 0) is 32.1 Å². The molecular weight excluding hydrogens is 957 g/mol. The smallest absolute Gasteiger partial charge is 0.328 e.